The molecule has 0 saturated heterocycles. The van der Waals surface area contributed by atoms with Gasteiger partial charge in [0.1, 0.15) is 7.11 Å². The molecule has 126 valence electrons. The van der Waals surface area contributed by atoms with Crippen LogP contribution in [0.3, 0.4) is 0 Å². The average Bonchev–Trinajstić information content (AvgIpc) is 2.54. The summed E-state index contributed by atoms with van der Waals surface area (Å²) in [7, 11) is 1.38. The number of Topliss-reactive ketones (excluding diaryl/α,β-unsaturated/α-hetero) is 1. The maximum absolute atomic E-state index is 12.4. The van der Waals surface area contributed by atoms with E-state index in [1.165, 1.54) is 25.5 Å². The van der Waals surface area contributed by atoms with Crippen LogP contribution in [0.4, 0.5) is 5.69 Å². The van der Waals surface area contributed by atoms with E-state index in [0.717, 1.165) is 0 Å². The van der Waals surface area contributed by atoms with Crippen molar-refractivity contribution in [3.8, 4) is 0 Å². The Morgan fingerprint density at radius 1 is 1.48 bits per heavy atom. The van der Waals surface area contributed by atoms with E-state index >= 15 is 0 Å². The summed E-state index contributed by atoms with van der Waals surface area (Å²) >= 11 is 11.6. The molecule has 23 heavy (non-hydrogen) atoms. The van der Waals surface area contributed by atoms with Gasteiger partial charge in [-0.2, -0.15) is 0 Å². The highest BCUT2D eigenvalue weighted by Gasteiger charge is 2.32. The van der Waals surface area contributed by atoms with E-state index in [1.807, 2.05) is 0 Å². The third-order valence-electron chi connectivity index (χ3n) is 3.55. The van der Waals surface area contributed by atoms with Crippen molar-refractivity contribution in [1.29, 1.82) is 0 Å². The molecule has 0 aliphatic heterocycles. The van der Waals surface area contributed by atoms with E-state index in [0.29, 0.717) is 12.0 Å². The van der Waals surface area contributed by atoms with Gasteiger partial charge in [0.15, 0.2) is 5.78 Å². The van der Waals surface area contributed by atoms with Crippen LogP contribution in [0.25, 0.3) is 0 Å². The third-order valence-corrected chi connectivity index (χ3v) is 4.11. The second-order valence-electron chi connectivity index (χ2n) is 5.07. The van der Waals surface area contributed by atoms with Crippen LogP contribution in [0.2, 0.25) is 5.02 Å². The molecule has 0 bridgehead atoms. The number of halogens is 2. The van der Waals surface area contributed by atoms with Crippen molar-refractivity contribution in [2.45, 2.75) is 25.8 Å². The quantitative estimate of drug-likeness (QED) is 0.338. The predicted molar refractivity (Wildman–Crippen MR) is 92.4 cm³/mol. The maximum Gasteiger partial charge on any atom is 0.252 e. The molecule has 0 aliphatic carbocycles. The molecular weight excluding hydrogens is 341 g/mol. The highest BCUT2D eigenvalue weighted by molar-refractivity contribution is 6.34. The van der Waals surface area contributed by atoms with Crippen molar-refractivity contribution >= 4 is 46.8 Å². The number of anilines is 1. The molecule has 0 radical (unpaired) electrons. The van der Waals surface area contributed by atoms with Gasteiger partial charge >= 0.3 is 0 Å². The van der Waals surface area contributed by atoms with E-state index in [4.69, 9.17) is 28.9 Å². The number of hydrogen-bond donors (Lipinski definition) is 2. The number of amides is 1. The lowest BCUT2D eigenvalue weighted by Gasteiger charge is -2.27. The third kappa shape index (κ3) is 4.59. The van der Waals surface area contributed by atoms with E-state index in [-0.39, 0.29) is 27.9 Å². The van der Waals surface area contributed by atoms with Crippen LogP contribution in [0.5, 0.6) is 0 Å². The minimum atomic E-state index is -1.05. The molecular formula is C15H19Cl2N3O3. The molecule has 1 unspecified atom stereocenters. The minimum absolute atomic E-state index is 0.182. The Morgan fingerprint density at radius 3 is 2.65 bits per heavy atom. The van der Waals surface area contributed by atoms with Crippen LogP contribution in [0.15, 0.2) is 17.3 Å². The standard InChI is InChI=1S/C15H19Cl2N3O3/c1-4-15(2,12(21)7-16)20-14(22)9-5-10(8-19-23-3)13(18)11(17)6-9/h5-6,8H,4,7,18H2,1-3H3,(H,20,22)/b19-8+. The Morgan fingerprint density at radius 2 is 2.13 bits per heavy atom. The Bertz CT molecular complexity index is 635. The van der Waals surface area contributed by atoms with Gasteiger partial charge < -0.3 is 15.9 Å². The first-order chi connectivity index (χ1) is 10.8. The number of nitrogens with one attached hydrogen (secondary N) is 1. The van der Waals surface area contributed by atoms with Gasteiger partial charge in [0.2, 0.25) is 0 Å². The van der Waals surface area contributed by atoms with Crippen molar-refractivity contribution in [2.24, 2.45) is 5.16 Å². The van der Waals surface area contributed by atoms with E-state index in [2.05, 4.69) is 15.3 Å². The average molecular weight is 360 g/mol. The molecule has 6 nitrogen and oxygen atoms in total. The number of hydrogen-bond acceptors (Lipinski definition) is 5. The number of alkyl halides is 1. The zero-order valence-electron chi connectivity index (χ0n) is 13.2. The smallest absolute Gasteiger partial charge is 0.252 e. The van der Waals surface area contributed by atoms with E-state index in [1.54, 1.807) is 13.8 Å². The molecule has 1 aromatic carbocycles. The molecule has 3 N–H and O–H groups in total. The normalized spacial score (nSPS) is 13.6. The molecule has 0 spiro atoms. The first-order valence-corrected chi connectivity index (χ1v) is 7.77. The number of carbonyl (C=O) groups excluding carboxylic acids is 2. The molecule has 1 amide bonds. The fourth-order valence-corrected chi connectivity index (χ4v) is 2.33. The van der Waals surface area contributed by atoms with E-state index < -0.39 is 11.4 Å². The lowest BCUT2D eigenvalue weighted by atomic mass is 9.93. The van der Waals surface area contributed by atoms with Gasteiger partial charge in [0.25, 0.3) is 5.91 Å². The number of nitrogens with two attached hydrogens (primary N) is 1. The van der Waals surface area contributed by atoms with Crippen molar-refractivity contribution < 1.29 is 14.4 Å². The minimum Gasteiger partial charge on any atom is -0.399 e. The van der Waals surface area contributed by atoms with Crippen molar-refractivity contribution in [3.05, 3.63) is 28.3 Å². The van der Waals surface area contributed by atoms with Gasteiger partial charge in [-0.15, -0.1) is 11.6 Å². The summed E-state index contributed by atoms with van der Waals surface area (Å²) in [6.07, 6.45) is 1.76. The number of nitrogen functional groups attached to an aromatic ring is 1. The van der Waals surface area contributed by atoms with Gasteiger partial charge in [-0.3, -0.25) is 9.59 Å². The fourth-order valence-electron chi connectivity index (χ4n) is 1.81. The molecule has 0 aromatic heterocycles. The van der Waals surface area contributed by atoms with Crippen LogP contribution in [-0.4, -0.2) is 36.4 Å². The molecule has 0 fully saturated rings. The monoisotopic (exact) mass is 359 g/mol. The Balaban J connectivity index is 3.15. The Kier molecular flexibility index (Phi) is 6.84. The second-order valence-corrected chi connectivity index (χ2v) is 5.75. The summed E-state index contributed by atoms with van der Waals surface area (Å²) < 4.78 is 0. The van der Waals surface area contributed by atoms with Crippen molar-refractivity contribution in [1.82, 2.24) is 5.32 Å². The second kappa shape index (κ2) is 8.17. The summed E-state index contributed by atoms with van der Waals surface area (Å²) in [4.78, 5) is 29.0. The summed E-state index contributed by atoms with van der Waals surface area (Å²) in [5.41, 5.74) is 5.75. The first-order valence-electron chi connectivity index (χ1n) is 6.86. The predicted octanol–water partition coefficient (Wildman–Crippen LogP) is 2.61. The van der Waals surface area contributed by atoms with Crippen LogP contribution in [-0.2, 0) is 9.63 Å². The zero-order chi connectivity index (χ0) is 17.6. The van der Waals surface area contributed by atoms with Crippen molar-refractivity contribution in [3.63, 3.8) is 0 Å². The lowest BCUT2D eigenvalue weighted by Crippen LogP contribution is -2.52. The molecule has 1 rings (SSSR count). The number of ketones is 1. The SMILES string of the molecule is CCC(C)(NC(=O)c1cc(Cl)c(N)c(/C=N/OC)c1)C(=O)CCl. The number of oxime groups is 1. The molecule has 0 heterocycles. The largest absolute Gasteiger partial charge is 0.399 e. The van der Waals surface area contributed by atoms with Gasteiger partial charge in [-0.25, -0.2) is 0 Å². The first kappa shape index (κ1) is 19.3. The summed E-state index contributed by atoms with van der Waals surface area (Å²) in [5.74, 6) is -0.904. The van der Waals surface area contributed by atoms with Gasteiger partial charge in [0, 0.05) is 11.1 Å². The van der Waals surface area contributed by atoms with Crippen LogP contribution in [0, 0.1) is 0 Å². The summed E-state index contributed by atoms with van der Waals surface area (Å²) in [5, 5.41) is 6.51. The van der Waals surface area contributed by atoms with E-state index in [9.17, 15) is 9.59 Å². The fraction of sp³-hybridized carbons (Fsp3) is 0.400. The topological polar surface area (TPSA) is 93.8 Å². The van der Waals surface area contributed by atoms with Crippen LogP contribution in [0.1, 0.15) is 36.2 Å². The van der Waals surface area contributed by atoms with Crippen LogP contribution < -0.4 is 11.1 Å². The maximum atomic E-state index is 12.4. The number of carbonyl (C=O) groups is 2. The Labute approximate surface area is 144 Å². The van der Waals surface area contributed by atoms with Gasteiger partial charge in [-0.1, -0.05) is 23.7 Å². The molecule has 1 aromatic rings. The lowest BCUT2D eigenvalue weighted by molar-refractivity contribution is -0.122. The molecule has 0 saturated carbocycles. The highest BCUT2D eigenvalue weighted by Crippen LogP contribution is 2.24. The van der Waals surface area contributed by atoms with Gasteiger partial charge in [0.05, 0.1) is 28.3 Å². The van der Waals surface area contributed by atoms with Crippen molar-refractivity contribution in [2.75, 3.05) is 18.7 Å². The summed E-state index contributed by atoms with van der Waals surface area (Å²) in [6.45, 7) is 3.42. The summed E-state index contributed by atoms with van der Waals surface area (Å²) in [6, 6.07) is 2.94. The van der Waals surface area contributed by atoms with Gasteiger partial charge in [-0.05, 0) is 25.5 Å². The number of benzene rings is 1. The molecule has 1 atom stereocenters. The number of rotatable bonds is 7. The highest BCUT2D eigenvalue weighted by atomic mass is 35.5. The van der Waals surface area contributed by atoms with Crippen LogP contribution >= 0.6 is 23.2 Å². The molecule has 0 aliphatic rings. The number of nitrogens with zero attached hydrogens (tertiary/aromatic N) is 1. The molecule has 8 heteroatoms. The zero-order valence-corrected chi connectivity index (χ0v) is 14.7. The Hall–Kier alpha value is -1.79.